The molecular formula is C21H18N4O4S2. The van der Waals surface area contributed by atoms with Crippen molar-refractivity contribution in [2.24, 2.45) is 9.39 Å². The van der Waals surface area contributed by atoms with Crippen LogP contribution >= 0.6 is 23.7 Å². The molecule has 4 rings (SSSR count). The van der Waals surface area contributed by atoms with Gasteiger partial charge in [-0.2, -0.15) is 9.39 Å². The molecular weight excluding hydrogens is 436 g/mol. The van der Waals surface area contributed by atoms with Gasteiger partial charge in [-0.15, -0.1) is 0 Å². The predicted molar refractivity (Wildman–Crippen MR) is 123 cm³/mol. The number of hydrogen-bond donors (Lipinski definition) is 1. The molecule has 0 bridgehead atoms. The molecule has 2 aliphatic heterocycles. The van der Waals surface area contributed by atoms with Crippen LogP contribution < -0.4 is 0 Å². The molecule has 2 aromatic rings. The number of ether oxygens (including phenoxy) is 1. The quantitative estimate of drug-likeness (QED) is 0.404. The lowest BCUT2D eigenvalue weighted by Gasteiger charge is -2.23. The van der Waals surface area contributed by atoms with Gasteiger partial charge >= 0.3 is 5.97 Å². The Morgan fingerprint density at radius 1 is 1.26 bits per heavy atom. The summed E-state index contributed by atoms with van der Waals surface area (Å²) in [6, 6.07) is 10.3. The van der Waals surface area contributed by atoms with Crippen LogP contribution in [-0.4, -0.2) is 45.3 Å². The highest BCUT2D eigenvalue weighted by molar-refractivity contribution is 8.19. The minimum Gasteiger partial charge on any atom is -0.462 e. The van der Waals surface area contributed by atoms with Crippen LogP contribution in [0.15, 0.2) is 55.8 Å². The van der Waals surface area contributed by atoms with E-state index < -0.39 is 5.91 Å². The lowest BCUT2D eigenvalue weighted by atomic mass is 10.1. The van der Waals surface area contributed by atoms with Crippen molar-refractivity contribution >= 4 is 57.8 Å². The Kier molecular flexibility index (Phi) is 6.10. The molecule has 2 aliphatic rings. The number of amidine groups is 3. The normalized spacial score (nSPS) is 17.0. The first kappa shape index (κ1) is 21.1. The Labute approximate surface area is 187 Å². The highest BCUT2D eigenvalue weighted by Crippen LogP contribution is 2.32. The Balaban J connectivity index is 1.57. The van der Waals surface area contributed by atoms with Crippen LogP contribution in [0, 0.1) is 5.41 Å². The zero-order chi connectivity index (χ0) is 22.0. The third-order valence-corrected chi connectivity index (χ3v) is 6.00. The monoisotopic (exact) mass is 454 g/mol. The van der Waals surface area contributed by atoms with E-state index in [1.807, 2.05) is 6.92 Å². The van der Waals surface area contributed by atoms with Crippen molar-refractivity contribution in [3.63, 3.8) is 0 Å². The van der Waals surface area contributed by atoms with E-state index in [-0.39, 0.29) is 17.4 Å². The number of carbonyl (C=O) groups excluding carboxylic acids is 2. The van der Waals surface area contributed by atoms with Crippen molar-refractivity contribution in [3.8, 4) is 11.3 Å². The largest absolute Gasteiger partial charge is 0.462 e. The number of thioether (sulfide) groups is 1. The highest BCUT2D eigenvalue weighted by atomic mass is 32.2. The fraction of sp³-hybridized carbons (Fsp3) is 0.190. The smallest absolute Gasteiger partial charge is 0.338 e. The molecule has 0 aliphatic carbocycles. The van der Waals surface area contributed by atoms with Crippen molar-refractivity contribution in [1.29, 1.82) is 5.41 Å². The minimum absolute atomic E-state index is 0.0245. The maximum atomic E-state index is 12.5. The molecule has 0 unspecified atom stereocenters. The summed E-state index contributed by atoms with van der Waals surface area (Å²) in [5, 5.41) is 9.52. The van der Waals surface area contributed by atoms with Gasteiger partial charge in [-0.1, -0.05) is 30.8 Å². The SMILES string of the molecule is CCOC(=O)c1ccc(-c2ccc(/C=C3/C(=N)N4C(SCC)=NSC4=NC3=O)o2)cc1. The molecule has 1 aromatic carbocycles. The van der Waals surface area contributed by atoms with Crippen LogP contribution in [0.25, 0.3) is 17.4 Å². The number of nitrogens with one attached hydrogen (secondary N) is 1. The van der Waals surface area contributed by atoms with E-state index in [0.717, 1.165) is 23.3 Å². The number of nitrogens with zero attached hydrogens (tertiary/aromatic N) is 3. The first-order valence-corrected chi connectivity index (χ1v) is 11.3. The molecule has 0 radical (unpaired) electrons. The van der Waals surface area contributed by atoms with Gasteiger partial charge in [0.05, 0.1) is 29.7 Å². The number of esters is 1. The average molecular weight is 455 g/mol. The molecule has 0 saturated heterocycles. The summed E-state index contributed by atoms with van der Waals surface area (Å²) in [6.07, 6.45) is 1.51. The summed E-state index contributed by atoms with van der Waals surface area (Å²) in [4.78, 5) is 29.9. The maximum absolute atomic E-state index is 12.5. The lowest BCUT2D eigenvalue weighted by molar-refractivity contribution is -0.114. The number of aliphatic imine (C=N–C) groups is 1. The van der Waals surface area contributed by atoms with E-state index in [9.17, 15) is 9.59 Å². The molecule has 1 N–H and O–H groups in total. The van der Waals surface area contributed by atoms with E-state index in [1.165, 1.54) is 17.8 Å². The molecule has 158 valence electrons. The van der Waals surface area contributed by atoms with Crippen molar-refractivity contribution in [2.75, 3.05) is 12.4 Å². The van der Waals surface area contributed by atoms with Gasteiger partial charge in [0, 0.05) is 5.56 Å². The molecule has 0 atom stereocenters. The van der Waals surface area contributed by atoms with Crippen molar-refractivity contribution in [2.45, 2.75) is 13.8 Å². The summed E-state index contributed by atoms with van der Waals surface area (Å²) >= 11 is 2.58. The lowest BCUT2D eigenvalue weighted by Crippen LogP contribution is -2.41. The molecule has 0 saturated carbocycles. The number of rotatable bonds is 5. The molecule has 0 spiro atoms. The highest BCUT2D eigenvalue weighted by Gasteiger charge is 2.37. The minimum atomic E-state index is -0.501. The van der Waals surface area contributed by atoms with Gasteiger partial charge < -0.3 is 9.15 Å². The van der Waals surface area contributed by atoms with Crippen molar-refractivity contribution in [3.05, 3.63) is 53.3 Å². The number of furan rings is 1. The van der Waals surface area contributed by atoms with Crippen molar-refractivity contribution in [1.82, 2.24) is 4.90 Å². The second-order valence-electron chi connectivity index (χ2n) is 6.34. The van der Waals surface area contributed by atoms with Crippen LogP contribution in [0.3, 0.4) is 0 Å². The summed E-state index contributed by atoms with van der Waals surface area (Å²) < 4.78 is 15.1. The summed E-state index contributed by atoms with van der Waals surface area (Å²) in [5.74, 6) is 0.929. The molecule has 8 nitrogen and oxygen atoms in total. The van der Waals surface area contributed by atoms with E-state index in [4.69, 9.17) is 14.6 Å². The van der Waals surface area contributed by atoms with Gasteiger partial charge in [-0.25, -0.2) is 9.69 Å². The van der Waals surface area contributed by atoms with E-state index >= 15 is 0 Å². The van der Waals surface area contributed by atoms with Crippen LogP contribution in [-0.2, 0) is 9.53 Å². The summed E-state index contributed by atoms with van der Waals surface area (Å²) in [6.45, 7) is 4.07. The van der Waals surface area contributed by atoms with Gasteiger partial charge in [0.2, 0.25) is 5.17 Å². The third-order valence-electron chi connectivity index (χ3n) is 4.36. The Morgan fingerprint density at radius 2 is 2.03 bits per heavy atom. The molecule has 3 heterocycles. The Morgan fingerprint density at radius 3 is 2.74 bits per heavy atom. The van der Waals surface area contributed by atoms with E-state index in [2.05, 4.69) is 9.39 Å². The molecule has 10 heteroatoms. The Bertz CT molecular complexity index is 1150. The number of fused-ring (bicyclic) bond motifs is 1. The molecule has 31 heavy (non-hydrogen) atoms. The summed E-state index contributed by atoms with van der Waals surface area (Å²) in [5.41, 5.74) is 1.36. The number of amides is 1. The topological polar surface area (TPSA) is 108 Å². The first-order chi connectivity index (χ1) is 15.0. The standard InChI is InChI=1S/C21H18N4O4S2/c1-3-28-19(27)13-7-5-12(6-8-13)16-10-9-14(29-16)11-15-17(22)25-20(23-18(15)26)31-24-21(25)30-4-2/h5-11,22H,3-4H2,1-2H3/b15-11-,22-17?. The zero-order valence-electron chi connectivity index (χ0n) is 16.7. The van der Waals surface area contributed by atoms with Crippen LogP contribution in [0.4, 0.5) is 0 Å². The zero-order valence-corrected chi connectivity index (χ0v) is 18.4. The fourth-order valence-electron chi connectivity index (χ4n) is 2.94. The second kappa shape index (κ2) is 8.94. The van der Waals surface area contributed by atoms with Gasteiger partial charge in [0.25, 0.3) is 5.91 Å². The molecule has 0 fully saturated rings. The van der Waals surface area contributed by atoms with Crippen LogP contribution in [0.2, 0.25) is 0 Å². The van der Waals surface area contributed by atoms with Gasteiger partial charge in [0.1, 0.15) is 17.4 Å². The predicted octanol–water partition coefficient (Wildman–Crippen LogP) is 4.45. The van der Waals surface area contributed by atoms with E-state index in [1.54, 1.807) is 48.2 Å². The van der Waals surface area contributed by atoms with Gasteiger partial charge in [-0.05, 0) is 43.0 Å². The molecule has 1 aromatic heterocycles. The third kappa shape index (κ3) is 4.21. The number of hydrogen-bond acceptors (Lipinski definition) is 8. The van der Waals surface area contributed by atoms with Crippen LogP contribution in [0.5, 0.6) is 0 Å². The second-order valence-corrected chi connectivity index (χ2v) is 8.30. The van der Waals surface area contributed by atoms with Crippen molar-refractivity contribution < 1.29 is 18.7 Å². The first-order valence-electron chi connectivity index (χ1n) is 9.50. The fourth-order valence-corrected chi connectivity index (χ4v) is 4.51. The maximum Gasteiger partial charge on any atom is 0.338 e. The van der Waals surface area contributed by atoms with Gasteiger partial charge in [-0.3, -0.25) is 10.2 Å². The Hall–Kier alpha value is -3.11. The number of carbonyl (C=O) groups is 2. The van der Waals surface area contributed by atoms with E-state index in [0.29, 0.717) is 34.0 Å². The van der Waals surface area contributed by atoms with Crippen LogP contribution in [0.1, 0.15) is 30.0 Å². The number of benzene rings is 1. The average Bonchev–Trinajstić information content (AvgIpc) is 3.39. The molecule has 1 amide bonds. The van der Waals surface area contributed by atoms with Gasteiger partial charge in [0.15, 0.2) is 5.17 Å². The summed E-state index contributed by atoms with van der Waals surface area (Å²) in [7, 11) is 0.